The zero-order valence-electron chi connectivity index (χ0n) is 9.31. The lowest BCUT2D eigenvalue weighted by atomic mass is 10.0. The van der Waals surface area contributed by atoms with Crippen molar-refractivity contribution in [1.82, 2.24) is 0 Å². The third kappa shape index (κ3) is 3.34. The maximum absolute atomic E-state index is 12.5. The first-order valence-corrected chi connectivity index (χ1v) is 4.33. The summed E-state index contributed by atoms with van der Waals surface area (Å²) in [6, 6.07) is 0. The van der Waals surface area contributed by atoms with Crippen LogP contribution in [0, 0.1) is 0 Å². The first kappa shape index (κ1) is 14.6. The van der Waals surface area contributed by atoms with E-state index >= 15 is 0 Å². The molecule has 92 valence electrons. The quantitative estimate of drug-likeness (QED) is 0.420. The number of alkyl halides is 3. The Morgan fingerprint density at radius 2 is 1.62 bits per heavy atom. The van der Waals surface area contributed by atoms with Crippen molar-refractivity contribution in [2.75, 3.05) is 0 Å². The minimum Gasteiger partial charge on any atom is -0.458 e. The van der Waals surface area contributed by atoms with Gasteiger partial charge in [-0.2, -0.15) is 18.2 Å². The molecule has 0 saturated heterocycles. The second-order valence-corrected chi connectivity index (χ2v) is 4.27. The van der Waals surface area contributed by atoms with E-state index in [-0.39, 0.29) is 0 Å². The first-order chi connectivity index (χ1) is 6.94. The number of hydrogen-bond donors (Lipinski definition) is 0. The van der Waals surface area contributed by atoms with Crippen LogP contribution in [0.25, 0.3) is 0 Å². The number of carbonyl (C=O) groups is 1. The van der Waals surface area contributed by atoms with E-state index in [2.05, 4.69) is 9.73 Å². The van der Waals surface area contributed by atoms with Crippen LogP contribution in [0.1, 0.15) is 27.7 Å². The Labute approximate surface area is 90.5 Å². The van der Waals surface area contributed by atoms with Gasteiger partial charge in [0.15, 0.2) is 0 Å². The van der Waals surface area contributed by atoms with Gasteiger partial charge in [-0.3, -0.25) is 0 Å². The molecule has 0 heterocycles. The number of isocyanates is 1. The van der Waals surface area contributed by atoms with Gasteiger partial charge in [0.25, 0.3) is 5.54 Å². The van der Waals surface area contributed by atoms with E-state index in [1.54, 1.807) is 0 Å². The van der Waals surface area contributed by atoms with Crippen LogP contribution in [-0.4, -0.2) is 29.4 Å². The van der Waals surface area contributed by atoms with E-state index in [0.717, 1.165) is 6.08 Å². The maximum Gasteiger partial charge on any atom is 0.425 e. The second-order valence-electron chi connectivity index (χ2n) is 4.27. The summed E-state index contributed by atoms with van der Waals surface area (Å²) in [6.07, 6.45) is -4.27. The molecule has 0 aliphatic heterocycles. The molecule has 4 nitrogen and oxygen atoms in total. The average Bonchev–Trinajstić information content (AvgIpc) is 1.98. The Bertz CT molecular complexity index is 326. The predicted octanol–water partition coefficient (Wildman–Crippen LogP) is 1.98. The zero-order valence-corrected chi connectivity index (χ0v) is 9.31. The molecular formula is C9H12F3NO3. The molecule has 0 radical (unpaired) electrons. The minimum atomic E-state index is -5.01. The lowest BCUT2D eigenvalue weighted by Crippen LogP contribution is -2.50. The molecular weight excluding hydrogens is 227 g/mol. The summed E-state index contributed by atoms with van der Waals surface area (Å²) in [5, 5.41) is 0. The van der Waals surface area contributed by atoms with Gasteiger partial charge in [0, 0.05) is 0 Å². The summed E-state index contributed by atoms with van der Waals surface area (Å²) < 4.78 is 42.2. The predicted molar refractivity (Wildman–Crippen MR) is 48.4 cm³/mol. The van der Waals surface area contributed by atoms with Crippen LogP contribution < -0.4 is 0 Å². The van der Waals surface area contributed by atoms with Gasteiger partial charge >= 0.3 is 12.1 Å². The van der Waals surface area contributed by atoms with Crippen LogP contribution in [0.2, 0.25) is 0 Å². The number of halogens is 3. The number of hydrogen-bond acceptors (Lipinski definition) is 4. The Morgan fingerprint density at radius 1 is 1.19 bits per heavy atom. The molecule has 0 aromatic carbocycles. The highest BCUT2D eigenvalue weighted by atomic mass is 19.4. The van der Waals surface area contributed by atoms with Gasteiger partial charge in [-0.05, 0) is 27.7 Å². The lowest BCUT2D eigenvalue weighted by molar-refractivity contribution is -0.207. The fourth-order valence-electron chi connectivity index (χ4n) is 0.694. The summed E-state index contributed by atoms with van der Waals surface area (Å²) in [5.41, 5.74) is -4.30. The highest BCUT2D eigenvalue weighted by molar-refractivity contribution is 5.83. The van der Waals surface area contributed by atoms with Crippen LogP contribution in [0.5, 0.6) is 0 Å². The molecule has 1 unspecified atom stereocenters. The zero-order chi connectivity index (χ0) is 13.2. The molecule has 16 heavy (non-hydrogen) atoms. The maximum atomic E-state index is 12.5. The van der Waals surface area contributed by atoms with Crippen LogP contribution in [0.15, 0.2) is 4.99 Å². The number of esters is 1. The molecule has 0 aliphatic carbocycles. The average molecular weight is 239 g/mol. The van der Waals surface area contributed by atoms with Crippen molar-refractivity contribution in [2.24, 2.45) is 4.99 Å². The van der Waals surface area contributed by atoms with E-state index in [1.807, 2.05) is 0 Å². The van der Waals surface area contributed by atoms with Gasteiger partial charge in [-0.15, -0.1) is 0 Å². The largest absolute Gasteiger partial charge is 0.458 e. The summed E-state index contributed by atoms with van der Waals surface area (Å²) in [7, 11) is 0. The van der Waals surface area contributed by atoms with Gasteiger partial charge in [-0.25, -0.2) is 9.59 Å². The van der Waals surface area contributed by atoms with Gasteiger partial charge in [-0.1, -0.05) is 0 Å². The molecule has 0 N–H and O–H groups in total. The van der Waals surface area contributed by atoms with Gasteiger partial charge in [0.05, 0.1) is 0 Å². The van der Waals surface area contributed by atoms with Crippen molar-refractivity contribution in [3.8, 4) is 0 Å². The van der Waals surface area contributed by atoms with E-state index in [4.69, 9.17) is 0 Å². The third-order valence-corrected chi connectivity index (χ3v) is 1.62. The smallest absolute Gasteiger partial charge is 0.425 e. The van der Waals surface area contributed by atoms with Crippen LogP contribution in [0.4, 0.5) is 13.2 Å². The minimum absolute atomic E-state index is 0.464. The standard InChI is InChI=1S/C9H12F3NO3/c1-7(2,3)16-6(15)8(4,13-5-14)9(10,11)12/h1-4H3. The van der Waals surface area contributed by atoms with Gasteiger partial charge < -0.3 is 4.74 Å². The van der Waals surface area contributed by atoms with Crippen LogP contribution >= 0.6 is 0 Å². The van der Waals surface area contributed by atoms with Crippen molar-refractivity contribution >= 4 is 12.0 Å². The topological polar surface area (TPSA) is 55.7 Å². The summed E-state index contributed by atoms with van der Waals surface area (Å²) in [6.45, 7) is 4.69. The molecule has 0 fully saturated rings. The monoisotopic (exact) mass is 239 g/mol. The molecule has 0 bridgehead atoms. The van der Waals surface area contributed by atoms with Crippen molar-refractivity contribution in [3.05, 3.63) is 0 Å². The molecule has 7 heteroatoms. The van der Waals surface area contributed by atoms with E-state index in [1.165, 1.54) is 20.8 Å². The highest BCUT2D eigenvalue weighted by Crippen LogP contribution is 2.35. The van der Waals surface area contributed by atoms with Gasteiger partial charge in [0.2, 0.25) is 6.08 Å². The molecule has 0 aromatic rings. The number of nitrogens with zero attached hydrogens (tertiary/aromatic N) is 1. The number of ether oxygens (including phenoxy) is 1. The molecule has 1 atom stereocenters. The number of carbonyl (C=O) groups excluding carboxylic acids is 2. The summed E-state index contributed by atoms with van der Waals surface area (Å²) in [4.78, 5) is 23.7. The van der Waals surface area contributed by atoms with Crippen LogP contribution in [0.3, 0.4) is 0 Å². The number of rotatable bonds is 2. The fraction of sp³-hybridized carbons (Fsp3) is 0.778. The molecule has 0 rings (SSSR count). The molecule has 0 aromatic heterocycles. The number of aliphatic imine (C=N–C) groups is 1. The van der Waals surface area contributed by atoms with E-state index in [9.17, 15) is 22.8 Å². The van der Waals surface area contributed by atoms with Crippen molar-refractivity contribution in [2.45, 2.75) is 45.0 Å². The van der Waals surface area contributed by atoms with Crippen molar-refractivity contribution < 1.29 is 27.5 Å². The highest BCUT2D eigenvalue weighted by Gasteiger charge is 2.59. The Kier molecular flexibility index (Phi) is 3.89. The molecule has 0 amide bonds. The Hall–Kier alpha value is -1.36. The van der Waals surface area contributed by atoms with Crippen molar-refractivity contribution in [3.63, 3.8) is 0 Å². The Morgan fingerprint density at radius 3 is 1.88 bits per heavy atom. The summed E-state index contributed by atoms with van der Waals surface area (Å²) >= 11 is 0. The van der Waals surface area contributed by atoms with Gasteiger partial charge in [0.1, 0.15) is 5.60 Å². The third-order valence-electron chi connectivity index (χ3n) is 1.62. The molecule has 0 saturated carbocycles. The molecule has 0 aliphatic rings. The van der Waals surface area contributed by atoms with E-state index in [0.29, 0.717) is 6.92 Å². The fourth-order valence-corrected chi connectivity index (χ4v) is 0.694. The Balaban J connectivity index is 5.24. The SMILES string of the molecule is CC(C)(C)OC(=O)C(C)(N=C=O)C(F)(F)F. The molecule has 0 spiro atoms. The first-order valence-electron chi connectivity index (χ1n) is 4.33. The summed E-state index contributed by atoms with van der Waals surface area (Å²) in [5.74, 6) is -1.63. The van der Waals surface area contributed by atoms with Crippen LogP contribution in [-0.2, 0) is 14.3 Å². The normalized spacial score (nSPS) is 15.9. The van der Waals surface area contributed by atoms with Crippen molar-refractivity contribution in [1.29, 1.82) is 0 Å². The lowest BCUT2D eigenvalue weighted by Gasteiger charge is -2.28. The second kappa shape index (κ2) is 4.25. The van der Waals surface area contributed by atoms with E-state index < -0.39 is 23.3 Å².